The molecular weight excluding hydrogens is 138 g/mol. The lowest BCUT2D eigenvalue weighted by Crippen LogP contribution is -1.95. The van der Waals surface area contributed by atoms with Crippen molar-refractivity contribution in [2.75, 3.05) is 7.11 Å². The second-order valence-electron chi connectivity index (χ2n) is 2.70. The summed E-state index contributed by atoms with van der Waals surface area (Å²) in [6.45, 7) is 6.15. The number of aromatic nitrogens is 1. The molecule has 0 aliphatic carbocycles. The molecule has 0 bridgehead atoms. The molecule has 1 aromatic rings. The van der Waals surface area contributed by atoms with Crippen LogP contribution < -0.4 is 4.74 Å². The van der Waals surface area contributed by atoms with Gasteiger partial charge in [0.15, 0.2) is 0 Å². The molecule has 0 atom stereocenters. The van der Waals surface area contributed by atoms with Gasteiger partial charge in [-0.2, -0.15) is 0 Å². The number of methoxy groups -OCH3 is 1. The van der Waals surface area contributed by atoms with Crippen LogP contribution in [0, 0.1) is 20.8 Å². The second-order valence-corrected chi connectivity index (χ2v) is 2.70. The summed E-state index contributed by atoms with van der Waals surface area (Å²) in [5.41, 5.74) is 3.60. The van der Waals surface area contributed by atoms with Crippen LogP contribution in [0.2, 0.25) is 0 Å². The Balaban J connectivity index is 3.25. The third kappa shape index (κ3) is 1.34. The fourth-order valence-corrected chi connectivity index (χ4v) is 1.01. The molecule has 0 unspecified atom stereocenters. The zero-order valence-corrected chi connectivity index (χ0v) is 7.43. The first-order chi connectivity index (χ1) is 5.16. The van der Waals surface area contributed by atoms with Gasteiger partial charge >= 0.3 is 0 Å². The van der Waals surface area contributed by atoms with Crippen molar-refractivity contribution >= 4 is 0 Å². The molecule has 0 saturated carbocycles. The van der Waals surface area contributed by atoms with Gasteiger partial charge in [0, 0.05) is 11.8 Å². The summed E-state index contributed by atoms with van der Waals surface area (Å²) in [5.74, 6) is 0.730. The number of rotatable bonds is 1. The van der Waals surface area contributed by atoms with Gasteiger partial charge in [0.25, 0.3) is 0 Å². The highest BCUT2D eigenvalue weighted by molar-refractivity contribution is 5.36. The van der Waals surface area contributed by atoms with Crippen LogP contribution in [-0.2, 0) is 0 Å². The highest BCUT2D eigenvalue weighted by atomic mass is 16.5. The van der Waals surface area contributed by atoms with Gasteiger partial charge in [0.2, 0.25) is 5.88 Å². The Kier molecular flexibility index (Phi) is 2.13. The van der Waals surface area contributed by atoms with Crippen molar-refractivity contribution in [3.05, 3.63) is 22.9 Å². The molecule has 0 fully saturated rings. The summed E-state index contributed by atoms with van der Waals surface area (Å²) in [5, 5.41) is 0. The quantitative estimate of drug-likeness (QED) is 0.612. The molecule has 0 aliphatic rings. The SMILES string of the molecule is COc1ncc(C)c(C)c1C. The van der Waals surface area contributed by atoms with Crippen molar-refractivity contribution in [2.24, 2.45) is 0 Å². The third-order valence-corrected chi connectivity index (χ3v) is 2.04. The summed E-state index contributed by atoms with van der Waals surface area (Å²) < 4.78 is 5.07. The van der Waals surface area contributed by atoms with Gasteiger partial charge in [-0.3, -0.25) is 0 Å². The lowest BCUT2D eigenvalue weighted by molar-refractivity contribution is 0.394. The molecule has 0 aromatic carbocycles. The Bertz CT molecular complexity index is 269. The van der Waals surface area contributed by atoms with Crippen LogP contribution in [0.25, 0.3) is 0 Å². The molecule has 2 nitrogen and oxygen atoms in total. The Hall–Kier alpha value is -1.05. The number of hydrogen-bond acceptors (Lipinski definition) is 2. The number of ether oxygens (including phenoxy) is 1. The van der Waals surface area contributed by atoms with E-state index >= 15 is 0 Å². The van der Waals surface area contributed by atoms with E-state index in [2.05, 4.69) is 18.8 Å². The number of pyridine rings is 1. The standard InChI is InChI=1S/C9H13NO/c1-6-5-10-9(11-4)8(3)7(6)2/h5H,1-4H3. The second kappa shape index (κ2) is 2.91. The van der Waals surface area contributed by atoms with Crippen LogP contribution in [-0.4, -0.2) is 12.1 Å². The summed E-state index contributed by atoms with van der Waals surface area (Å²) in [4.78, 5) is 4.13. The van der Waals surface area contributed by atoms with Crippen LogP contribution in [0.4, 0.5) is 0 Å². The number of hydrogen-bond donors (Lipinski definition) is 0. The molecule has 0 amide bonds. The van der Waals surface area contributed by atoms with E-state index in [9.17, 15) is 0 Å². The van der Waals surface area contributed by atoms with E-state index in [1.807, 2.05) is 13.1 Å². The minimum absolute atomic E-state index is 0.730. The predicted molar refractivity (Wildman–Crippen MR) is 45.0 cm³/mol. The predicted octanol–water partition coefficient (Wildman–Crippen LogP) is 2.02. The molecule has 0 aliphatic heterocycles. The van der Waals surface area contributed by atoms with Crippen LogP contribution in [0.5, 0.6) is 5.88 Å². The molecule has 0 saturated heterocycles. The van der Waals surface area contributed by atoms with Gasteiger partial charge < -0.3 is 4.74 Å². The maximum absolute atomic E-state index is 5.07. The van der Waals surface area contributed by atoms with Crippen LogP contribution in [0.1, 0.15) is 16.7 Å². The molecule has 1 aromatic heterocycles. The first kappa shape index (κ1) is 8.05. The van der Waals surface area contributed by atoms with Gasteiger partial charge in [0.05, 0.1) is 7.11 Å². The molecule has 0 spiro atoms. The molecule has 2 heteroatoms. The van der Waals surface area contributed by atoms with Crippen LogP contribution in [0.3, 0.4) is 0 Å². The lowest BCUT2D eigenvalue weighted by atomic mass is 10.1. The zero-order chi connectivity index (χ0) is 8.43. The van der Waals surface area contributed by atoms with E-state index < -0.39 is 0 Å². The van der Waals surface area contributed by atoms with E-state index in [0.29, 0.717) is 0 Å². The molecule has 60 valence electrons. The minimum Gasteiger partial charge on any atom is -0.481 e. The Morgan fingerprint density at radius 3 is 2.36 bits per heavy atom. The van der Waals surface area contributed by atoms with Gasteiger partial charge in [-0.05, 0) is 31.9 Å². The van der Waals surface area contributed by atoms with Crippen LogP contribution >= 0.6 is 0 Å². The van der Waals surface area contributed by atoms with Crippen molar-refractivity contribution in [2.45, 2.75) is 20.8 Å². The van der Waals surface area contributed by atoms with Crippen LogP contribution in [0.15, 0.2) is 6.20 Å². The smallest absolute Gasteiger partial charge is 0.216 e. The molecule has 0 N–H and O–H groups in total. The summed E-state index contributed by atoms with van der Waals surface area (Å²) >= 11 is 0. The highest BCUT2D eigenvalue weighted by Gasteiger charge is 2.03. The van der Waals surface area contributed by atoms with Gasteiger partial charge in [0.1, 0.15) is 0 Å². The highest BCUT2D eigenvalue weighted by Crippen LogP contribution is 2.19. The van der Waals surface area contributed by atoms with Gasteiger partial charge in [-0.15, -0.1) is 0 Å². The Labute approximate surface area is 67.2 Å². The third-order valence-electron chi connectivity index (χ3n) is 2.04. The maximum atomic E-state index is 5.07. The van der Waals surface area contributed by atoms with E-state index in [1.54, 1.807) is 7.11 Å². The molecular formula is C9H13NO. The lowest BCUT2D eigenvalue weighted by Gasteiger charge is -2.07. The van der Waals surface area contributed by atoms with E-state index in [1.165, 1.54) is 11.1 Å². The number of nitrogens with zero attached hydrogens (tertiary/aromatic N) is 1. The van der Waals surface area contributed by atoms with Crippen molar-refractivity contribution in [1.29, 1.82) is 0 Å². The van der Waals surface area contributed by atoms with Crippen molar-refractivity contribution < 1.29 is 4.74 Å². The van der Waals surface area contributed by atoms with Crippen molar-refractivity contribution in [1.82, 2.24) is 4.98 Å². The maximum Gasteiger partial charge on any atom is 0.216 e. The Morgan fingerprint density at radius 1 is 1.18 bits per heavy atom. The monoisotopic (exact) mass is 151 g/mol. The largest absolute Gasteiger partial charge is 0.481 e. The zero-order valence-electron chi connectivity index (χ0n) is 7.43. The molecule has 1 heterocycles. The minimum atomic E-state index is 0.730. The van der Waals surface area contributed by atoms with E-state index in [4.69, 9.17) is 4.74 Å². The summed E-state index contributed by atoms with van der Waals surface area (Å²) in [6, 6.07) is 0. The Morgan fingerprint density at radius 2 is 1.82 bits per heavy atom. The fraction of sp³-hybridized carbons (Fsp3) is 0.444. The fourth-order valence-electron chi connectivity index (χ4n) is 1.01. The first-order valence-corrected chi connectivity index (χ1v) is 3.63. The van der Waals surface area contributed by atoms with Gasteiger partial charge in [-0.25, -0.2) is 4.98 Å². The average Bonchev–Trinajstić information content (AvgIpc) is 2.01. The molecule has 11 heavy (non-hydrogen) atoms. The number of aryl methyl sites for hydroxylation is 1. The van der Waals surface area contributed by atoms with Gasteiger partial charge in [-0.1, -0.05) is 0 Å². The van der Waals surface area contributed by atoms with Crippen molar-refractivity contribution in [3.8, 4) is 5.88 Å². The molecule has 1 rings (SSSR count). The average molecular weight is 151 g/mol. The van der Waals surface area contributed by atoms with Crippen molar-refractivity contribution in [3.63, 3.8) is 0 Å². The van der Waals surface area contributed by atoms with E-state index in [0.717, 1.165) is 11.4 Å². The summed E-state index contributed by atoms with van der Waals surface area (Å²) in [7, 11) is 1.64. The molecule has 0 radical (unpaired) electrons. The topological polar surface area (TPSA) is 22.1 Å². The first-order valence-electron chi connectivity index (χ1n) is 3.63. The normalized spacial score (nSPS) is 9.82. The summed E-state index contributed by atoms with van der Waals surface area (Å²) in [6.07, 6.45) is 1.83. The van der Waals surface area contributed by atoms with E-state index in [-0.39, 0.29) is 0 Å².